The Morgan fingerprint density at radius 3 is 1.10 bits per heavy atom. The quantitative estimate of drug-likeness (QED) is 0.0204. The van der Waals surface area contributed by atoms with E-state index in [1.54, 1.807) is 0 Å². The second-order valence-electron chi connectivity index (χ2n) is 27.8. The Morgan fingerprint density at radius 1 is 0.385 bits per heavy atom. The molecule has 2 heterocycles. The van der Waals surface area contributed by atoms with E-state index in [1.807, 2.05) is 0 Å². The molecule has 1 amide bonds. The molecule has 2 rings (SSSR count). The Hall–Kier alpha value is -2.83. The zero-order chi connectivity index (χ0) is 69.4. The van der Waals surface area contributed by atoms with Crippen LogP contribution in [-0.2, 0) is 23.7 Å². The minimum absolute atomic E-state index is 0.212. The van der Waals surface area contributed by atoms with Gasteiger partial charge in [0.25, 0.3) is 0 Å². The molecule has 12 atom stereocenters. The van der Waals surface area contributed by atoms with Crippen LogP contribution >= 0.6 is 0 Å². The Bertz CT molecular complexity index is 1940. The molecule has 14 nitrogen and oxygen atoms in total. The Balaban J connectivity index is 1.63. The van der Waals surface area contributed by atoms with Gasteiger partial charge < -0.3 is 65.1 Å². The summed E-state index contributed by atoms with van der Waals surface area (Å²) in [5, 5.41) is 87.9. The third-order valence-electron chi connectivity index (χ3n) is 19.1. The largest absolute Gasteiger partial charge is 0.394 e. The molecule has 0 radical (unpaired) electrons. The van der Waals surface area contributed by atoms with Crippen molar-refractivity contribution < 1.29 is 64.6 Å². The van der Waals surface area contributed by atoms with Crippen molar-refractivity contribution in [1.82, 2.24) is 5.32 Å². The first-order valence-corrected chi connectivity index (χ1v) is 39.8. The molecule has 0 aromatic heterocycles. The first kappa shape index (κ1) is 89.3. The third-order valence-corrected chi connectivity index (χ3v) is 19.1. The van der Waals surface area contributed by atoms with Gasteiger partial charge in [-0.3, -0.25) is 4.79 Å². The van der Waals surface area contributed by atoms with Crippen LogP contribution in [0, 0.1) is 0 Å². The lowest BCUT2D eigenvalue weighted by molar-refractivity contribution is -0.359. The average Bonchev–Trinajstić information content (AvgIpc) is 0.797. The molecule has 558 valence electrons. The SMILES string of the molecule is CC/C=C\C/C=C\C/C=C\C/C=C\C/C=C\C/C=C\C/C=C\CCCCCCCCCCCC(=O)NC(COC1OC(CO)C(OC2OC(CO)C(O)C(O)C2O)C(O)C1O)C(O)CCCCCCCCCCCCCCCCCCCCCCCCCCCCCCCCC. The summed E-state index contributed by atoms with van der Waals surface area (Å²) >= 11 is 0. The van der Waals surface area contributed by atoms with Crippen LogP contribution in [0.4, 0.5) is 0 Å². The van der Waals surface area contributed by atoms with Gasteiger partial charge in [-0.25, -0.2) is 0 Å². The lowest BCUT2D eigenvalue weighted by Gasteiger charge is -2.46. The number of aliphatic hydroxyl groups is 8. The van der Waals surface area contributed by atoms with E-state index in [-0.39, 0.29) is 12.5 Å². The van der Waals surface area contributed by atoms with Crippen molar-refractivity contribution >= 4 is 5.91 Å². The second kappa shape index (κ2) is 65.5. The number of unbranched alkanes of at least 4 members (excludes halogenated alkanes) is 39. The highest BCUT2D eigenvalue weighted by Crippen LogP contribution is 2.30. The van der Waals surface area contributed by atoms with Crippen LogP contribution in [0.3, 0.4) is 0 Å². The normalized spacial score (nSPS) is 22.7. The standard InChI is InChI=1S/C82H147NO13/c1-3-5-7-9-11-13-15-17-19-21-23-25-27-29-31-33-35-37-39-41-43-45-47-49-51-53-55-57-59-61-63-65-71(86)70(69-93-81-79(92)77(90)80(73(68-85)95-81)96-82-78(91)76(89)75(88)72(67-84)94-82)83-74(87)66-64-62-60-58-56-54-52-50-48-46-44-42-40-38-36-34-32-30-28-26-24-22-20-18-16-14-12-10-8-6-4-2/h6,8,12,14,18,20,24,26,30,32,36,38,42,44,70-73,75-82,84-86,88-92H,3-5,7,9-11,13,15-17,19,21-23,25,27-29,31,33-35,37,39-41,43,45-69H2,1-2H3,(H,83,87)/b8-6-,14-12-,20-18-,26-24-,32-30-,38-36-,44-42-. The molecule has 12 unspecified atom stereocenters. The summed E-state index contributed by atoms with van der Waals surface area (Å²) in [5.41, 5.74) is 0. The average molecular weight is 1360 g/mol. The van der Waals surface area contributed by atoms with Gasteiger partial charge >= 0.3 is 0 Å². The van der Waals surface area contributed by atoms with Gasteiger partial charge in [-0.15, -0.1) is 0 Å². The van der Waals surface area contributed by atoms with E-state index in [0.717, 1.165) is 96.3 Å². The molecule has 0 aliphatic carbocycles. The summed E-state index contributed by atoms with van der Waals surface area (Å²) in [6.45, 7) is 2.79. The predicted octanol–water partition coefficient (Wildman–Crippen LogP) is 17.9. The van der Waals surface area contributed by atoms with E-state index >= 15 is 0 Å². The van der Waals surface area contributed by atoms with Crippen molar-refractivity contribution in [3.05, 3.63) is 85.1 Å². The van der Waals surface area contributed by atoms with Gasteiger partial charge in [-0.2, -0.15) is 0 Å². The monoisotopic (exact) mass is 1350 g/mol. The van der Waals surface area contributed by atoms with E-state index in [1.165, 1.54) is 205 Å². The van der Waals surface area contributed by atoms with Crippen molar-refractivity contribution in [2.75, 3.05) is 19.8 Å². The van der Waals surface area contributed by atoms with Gasteiger partial charge in [-0.1, -0.05) is 343 Å². The predicted molar refractivity (Wildman–Crippen MR) is 396 cm³/mol. The van der Waals surface area contributed by atoms with Crippen LogP contribution in [0.15, 0.2) is 85.1 Å². The minimum atomic E-state index is -1.79. The number of nitrogens with one attached hydrogen (secondary N) is 1. The number of carbonyl (C=O) groups is 1. The summed E-state index contributed by atoms with van der Waals surface area (Å²) in [4.78, 5) is 13.4. The molecule has 14 heteroatoms. The lowest BCUT2D eigenvalue weighted by Crippen LogP contribution is -2.65. The molecule has 0 spiro atoms. The van der Waals surface area contributed by atoms with Crippen LogP contribution in [0.5, 0.6) is 0 Å². The fraction of sp³-hybridized carbons (Fsp3) is 0.817. The summed E-state index contributed by atoms with van der Waals surface area (Å²) in [6, 6.07) is -0.840. The molecular formula is C82H147NO13. The van der Waals surface area contributed by atoms with E-state index in [4.69, 9.17) is 18.9 Å². The van der Waals surface area contributed by atoms with Gasteiger partial charge in [0, 0.05) is 6.42 Å². The first-order valence-electron chi connectivity index (χ1n) is 39.8. The van der Waals surface area contributed by atoms with Crippen LogP contribution in [-0.4, -0.2) is 140 Å². The number of rotatable bonds is 66. The maximum absolute atomic E-state index is 13.4. The molecule has 2 aliphatic heterocycles. The van der Waals surface area contributed by atoms with E-state index in [0.29, 0.717) is 19.3 Å². The maximum atomic E-state index is 13.4. The van der Waals surface area contributed by atoms with Gasteiger partial charge in [0.1, 0.15) is 48.8 Å². The highest BCUT2D eigenvalue weighted by Gasteiger charge is 2.51. The summed E-state index contributed by atoms with van der Waals surface area (Å²) in [5.74, 6) is -0.212. The molecule has 0 aromatic rings. The van der Waals surface area contributed by atoms with Crippen molar-refractivity contribution in [2.24, 2.45) is 0 Å². The number of carbonyl (C=O) groups excluding carboxylic acids is 1. The first-order chi connectivity index (χ1) is 47.1. The van der Waals surface area contributed by atoms with E-state index < -0.39 is 86.8 Å². The molecule has 9 N–H and O–H groups in total. The Kier molecular flexibility index (Phi) is 60.9. The van der Waals surface area contributed by atoms with Crippen LogP contribution in [0.1, 0.15) is 335 Å². The Labute approximate surface area is 586 Å². The number of hydrogen-bond acceptors (Lipinski definition) is 13. The lowest BCUT2D eigenvalue weighted by atomic mass is 9.97. The van der Waals surface area contributed by atoms with Crippen LogP contribution in [0.2, 0.25) is 0 Å². The molecule has 0 aromatic carbocycles. The van der Waals surface area contributed by atoms with E-state index in [9.17, 15) is 45.6 Å². The number of ether oxygens (including phenoxy) is 4. The molecule has 2 fully saturated rings. The highest BCUT2D eigenvalue weighted by atomic mass is 16.7. The number of allylic oxidation sites excluding steroid dienone is 14. The zero-order valence-electron chi connectivity index (χ0n) is 61.1. The maximum Gasteiger partial charge on any atom is 0.220 e. The van der Waals surface area contributed by atoms with Gasteiger partial charge in [0.15, 0.2) is 12.6 Å². The molecule has 0 bridgehead atoms. The van der Waals surface area contributed by atoms with E-state index in [2.05, 4.69) is 104 Å². The van der Waals surface area contributed by atoms with Crippen molar-refractivity contribution in [3.8, 4) is 0 Å². The number of amides is 1. The summed E-state index contributed by atoms with van der Waals surface area (Å²) in [6.07, 6.45) is 74.7. The topological polar surface area (TPSA) is 228 Å². The van der Waals surface area contributed by atoms with Gasteiger partial charge in [-0.05, 0) is 70.6 Å². The van der Waals surface area contributed by atoms with Crippen molar-refractivity contribution in [3.63, 3.8) is 0 Å². The molecule has 2 saturated heterocycles. The minimum Gasteiger partial charge on any atom is -0.394 e. The summed E-state index contributed by atoms with van der Waals surface area (Å²) < 4.78 is 23.0. The van der Waals surface area contributed by atoms with Gasteiger partial charge in [0.2, 0.25) is 5.91 Å². The van der Waals surface area contributed by atoms with Crippen LogP contribution < -0.4 is 5.32 Å². The third kappa shape index (κ3) is 48.1. The van der Waals surface area contributed by atoms with Gasteiger partial charge in [0.05, 0.1) is 32.0 Å². The smallest absolute Gasteiger partial charge is 0.220 e. The van der Waals surface area contributed by atoms with Crippen molar-refractivity contribution in [2.45, 2.75) is 408 Å². The molecular weight excluding hydrogens is 1210 g/mol. The molecule has 2 aliphatic rings. The fourth-order valence-corrected chi connectivity index (χ4v) is 12.9. The second-order valence-corrected chi connectivity index (χ2v) is 27.8. The number of hydrogen-bond donors (Lipinski definition) is 9. The molecule has 0 saturated carbocycles. The Morgan fingerprint density at radius 2 is 0.719 bits per heavy atom. The zero-order valence-corrected chi connectivity index (χ0v) is 61.1. The highest BCUT2D eigenvalue weighted by molar-refractivity contribution is 5.76. The van der Waals surface area contributed by atoms with Crippen molar-refractivity contribution in [1.29, 1.82) is 0 Å². The number of aliphatic hydroxyl groups excluding tert-OH is 8. The summed E-state index contributed by atoms with van der Waals surface area (Å²) in [7, 11) is 0. The fourth-order valence-electron chi connectivity index (χ4n) is 12.9. The van der Waals surface area contributed by atoms with Crippen LogP contribution in [0.25, 0.3) is 0 Å². The molecule has 96 heavy (non-hydrogen) atoms.